The zero-order chi connectivity index (χ0) is 14.3. The molecule has 6 nitrogen and oxygen atoms in total. The Hall–Kier alpha value is -1.14. The van der Waals surface area contributed by atoms with Crippen LogP contribution in [-0.4, -0.2) is 72.1 Å². The second-order valence-corrected chi connectivity index (χ2v) is 5.05. The lowest BCUT2D eigenvalue weighted by atomic mass is 10.2. The Morgan fingerprint density at radius 1 is 1.37 bits per heavy atom. The van der Waals surface area contributed by atoms with Gasteiger partial charge in [-0.2, -0.15) is 0 Å². The third-order valence-corrected chi connectivity index (χ3v) is 3.54. The third kappa shape index (κ3) is 5.57. The van der Waals surface area contributed by atoms with Crippen LogP contribution < -0.4 is 5.32 Å². The van der Waals surface area contributed by atoms with E-state index < -0.39 is 5.97 Å². The third-order valence-electron chi connectivity index (χ3n) is 3.54. The van der Waals surface area contributed by atoms with Crippen molar-refractivity contribution < 1.29 is 14.7 Å². The van der Waals surface area contributed by atoms with Crippen molar-refractivity contribution in [3.63, 3.8) is 0 Å². The van der Waals surface area contributed by atoms with Gasteiger partial charge in [-0.3, -0.25) is 14.5 Å². The molecular weight excluding hydrogens is 246 g/mol. The topological polar surface area (TPSA) is 72.9 Å². The van der Waals surface area contributed by atoms with Gasteiger partial charge in [-0.05, 0) is 32.9 Å². The minimum Gasteiger partial charge on any atom is -0.480 e. The van der Waals surface area contributed by atoms with Crippen molar-refractivity contribution in [2.45, 2.75) is 32.7 Å². The summed E-state index contributed by atoms with van der Waals surface area (Å²) in [5.74, 6) is -1.04. The first kappa shape index (κ1) is 15.9. The summed E-state index contributed by atoms with van der Waals surface area (Å²) in [5, 5.41) is 12.2. The van der Waals surface area contributed by atoms with Crippen molar-refractivity contribution in [1.29, 1.82) is 0 Å². The van der Waals surface area contributed by atoms with Gasteiger partial charge in [-0.25, -0.2) is 0 Å². The van der Waals surface area contributed by atoms with Crippen molar-refractivity contribution in [3.8, 4) is 0 Å². The summed E-state index contributed by atoms with van der Waals surface area (Å²) < 4.78 is 0. The molecule has 1 aliphatic heterocycles. The summed E-state index contributed by atoms with van der Waals surface area (Å²) in [4.78, 5) is 26.7. The van der Waals surface area contributed by atoms with E-state index in [1.807, 2.05) is 13.8 Å². The van der Waals surface area contributed by atoms with Gasteiger partial charge in [-0.1, -0.05) is 6.92 Å². The quantitative estimate of drug-likeness (QED) is 0.711. The Bertz CT molecular complexity index is 302. The summed E-state index contributed by atoms with van der Waals surface area (Å²) >= 11 is 0. The second-order valence-electron chi connectivity index (χ2n) is 5.05. The molecule has 1 rings (SSSR count). The predicted molar refractivity (Wildman–Crippen MR) is 73.0 cm³/mol. The standard InChI is InChI=1S/C13H25N3O3/c1-3-11(2)16(10-13(18)19)12(17)9-15-7-4-5-14-6-8-15/h11,14H,3-10H2,1-2H3,(H,18,19). The van der Waals surface area contributed by atoms with Gasteiger partial charge in [-0.15, -0.1) is 0 Å². The molecule has 19 heavy (non-hydrogen) atoms. The Labute approximate surface area is 114 Å². The number of hydrogen-bond acceptors (Lipinski definition) is 4. The molecule has 1 fully saturated rings. The average Bonchev–Trinajstić information content (AvgIpc) is 2.63. The zero-order valence-corrected chi connectivity index (χ0v) is 11.9. The Balaban J connectivity index is 2.56. The van der Waals surface area contributed by atoms with Crippen molar-refractivity contribution in [2.24, 2.45) is 0 Å². The molecule has 0 saturated carbocycles. The van der Waals surface area contributed by atoms with Crippen LogP contribution in [0.25, 0.3) is 0 Å². The number of carboxylic acid groups (broad SMARTS) is 1. The summed E-state index contributed by atoms with van der Waals surface area (Å²) in [6.45, 7) is 7.56. The largest absolute Gasteiger partial charge is 0.480 e. The van der Waals surface area contributed by atoms with Gasteiger partial charge in [0.15, 0.2) is 0 Å². The summed E-state index contributed by atoms with van der Waals surface area (Å²) in [5.41, 5.74) is 0. The van der Waals surface area contributed by atoms with Crippen LogP contribution in [0.5, 0.6) is 0 Å². The Kier molecular flexibility index (Phi) is 6.80. The van der Waals surface area contributed by atoms with Gasteiger partial charge in [0.25, 0.3) is 0 Å². The number of carbonyl (C=O) groups is 2. The SMILES string of the molecule is CCC(C)N(CC(=O)O)C(=O)CN1CCCNCC1. The van der Waals surface area contributed by atoms with E-state index in [1.54, 1.807) is 0 Å². The minimum atomic E-state index is -0.953. The molecular formula is C13H25N3O3. The van der Waals surface area contributed by atoms with E-state index in [9.17, 15) is 9.59 Å². The fourth-order valence-corrected chi connectivity index (χ4v) is 2.20. The van der Waals surface area contributed by atoms with Crippen LogP contribution in [0.4, 0.5) is 0 Å². The average molecular weight is 271 g/mol. The fourth-order valence-electron chi connectivity index (χ4n) is 2.20. The van der Waals surface area contributed by atoms with E-state index in [4.69, 9.17) is 5.11 Å². The van der Waals surface area contributed by atoms with Gasteiger partial charge in [0, 0.05) is 19.1 Å². The normalized spacial score (nSPS) is 18.6. The smallest absolute Gasteiger partial charge is 0.323 e. The number of carbonyl (C=O) groups excluding carboxylic acids is 1. The van der Waals surface area contributed by atoms with E-state index in [0.29, 0.717) is 6.54 Å². The molecule has 0 aromatic rings. The molecule has 2 N–H and O–H groups in total. The summed E-state index contributed by atoms with van der Waals surface area (Å²) in [6, 6.07) is -0.0336. The number of amides is 1. The monoisotopic (exact) mass is 271 g/mol. The predicted octanol–water partition coefficient (Wildman–Crippen LogP) is -0.00660. The molecule has 110 valence electrons. The van der Waals surface area contributed by atoms with E-state index >= 15 is 0 Å². The molecule has 0 radical (unpaired) electrons. The molecule has 0 aromatic heterocycles. The highest BCUT2D eigenvalue weighted by atomic mass is 16.4. The number of nitrogens with zero attached hydrogens (tertiary/aromatic N) is 2. The number of rotatable bonds is 6. The fraction of sp³-hybridized carbons (Fsp3) is 0.846. The molecule has 1 saturated heterocycles. The molecule has 0 aromatic carbocycles. The number of carboxylic acids is 1. The lowest BCUT2D eigenvalue weighted by Gasteiger charge is -2.29. The van der Waals surface area contributed by atoms with Crippen LogP contribution in [0.3, 0.4) is 0 Å². The second kappa shape index (κ2) is 8.12. The van der Waals surface area contributed by atoms with Crippen LogP contribution >= 0.6 is 0 Å². The van der Waals surface area contributed by atoms with Gasteiger partial charge >= 0.3 is 5.97 Å². The molecule has 6 heteroatoms. The van der Waals surface area contributed by atoms with E-state index in [1.165, 1.54) is 4.90 Å². The lowest BCUT2D eigenvalue weighted by Crippen LogP contribution is -2.47. The molecule has 1 heterocycles. The summed E-state index contributed by atoms with van der Waals surface area (Å²) in [6.07, 6.45) is 1.79. The highest BCUT2D eigenvalue weighted by Gasteiger charge is 2.23. The first-order valence-electron chi connectivity index (χ1n) is 6.99. The van der Waals surface area contributed by atoms with E-state index in [2.05, 4.69) is 10.2 Å². The zero-order valence-electron chi connectivity index (χ0n) is 11.9. The van der Waals surface area contributed by atoms with E-state index in [0.717, 1.165) is 39.0 Å². The highest BCUT2D eigenvalue weighted by Crippen LogP contribution is 2.06. The van der Waals surface area contributed by atoms with Crippen LogP contribution in [0.2, 0.25) is 0 Å². The molecule has 1 aliphatic rings. The van der Waals surface area contributed by atoms with Crippen molar-refractivity contribution in [1.82, 2.24) is 15.1 Å². The van der Waals surface area contributed by atoms with Gasteiger partial charge < -0.3 is 15.3 Å². The lowest BCUT2D eigenvalue weighted by molar-refractivity contribution is -0.146. The van der Waals surface area contributed by atoms with Crippen LogP contribution in [0.1, 0.15) is 26.7 Å². The maximum absolute atomic E-state index is 12.3. The maximum Gasteiger partial charge on any atom is 0.323 e. The molecule has 0 aliphatic carbocycles. The van der Waals surface area contributed by atoms with Gasteiger partial charge in [0.2, 0.25) is 5.91 Å². The van der Waals surface area contributed by atoms with Crippen LogP contribution in [0, 0.1) is 0 Å². The van der Waals surface area contributed by atoms with Gasteiger partial charge in [0.05, 0.1) is 6.54 Å². The summed E-state index contributed by atoms with van der Waals surface area (Å²) in [7, 11) is 0. The number of hydrogen-bond donors (Lipinski definition) is 2. The molecule has 0 bridgehead atoms. The first-order valence-corrected chi connectivity index (χ1v) is 6.99. The maximum atomic E-state index is 12.3. The van der Waals surface area contributed by atoms with E-state index in [-0.39, 0.29) is 18.5 Å². The van der Waals surface area contributed by atoms with Gasteiger partial charge in [0.1, 0.15) is 6.54 Å². The Morgan fingerprint density at radius 2 is 2.11 bits per heavy atom. The minimum absolute atomic E-state index is 0.0336. The van der Waals surface area contributed by atoms with Crippen molar-refractivity contribution in [3.05, 3.63) is 0 Å². The van der Waals surface area contributed by atoms with Crippen LogP contribution in [0.15, 0.2) is 0 Å². The first-order chi connectivity index (χ1) is 9.04. The molecule has 0 spiro atoms. The van der Waals surface area contributed by atoms with Crippen LogP contribution in [-0.2, 0) is 9.59 Å². The number of aliphatic carboxylic acids is 1. The molecule has 1 unspecified atom stereocenters. The number of nitrogens with one attached hydrogen (secondary N) is 1. The highest BCUT2D eigenvalue weighted by molar-refractivity contribution is 5.83. The molecule has 1 amide bonds. The molecule has 1 atom stereocenters. The Morgan fingerprint density at radius 3 is 2.74 bits per heavy atom. The van der Waals surface area contributed by atoms with Crippen molar-refractivity contribution >= 4 is 11.9 Å². The van der Waals surface area contributed by atoms with Crippen molar-refractivity contribution in [2.75, 3.05) is 39.3 Å².